The third-order valence-corrected chi connectivity index (χ3v) is 27.5. The van der Waals surface area contributed by atoms with Crippen molar-refractivity contribution in [1.82, 2.24) is 0 Å². The van der Waals surface area contributed by atoms with E-state index in [-0.39, 0.29) is 17.6 Å². The fourth-order valence-corrected chi connectivity index (χ4v) is 25.4. The summed E-state index contributed by atoms with van der Waals surface area (Å²) in [7, 11) is 0. The number of hydrogen-bond donors (Lipinski definition) is 0. The molecule has 0 saturated carbocycles. The van der Waals surface area contributed by atoms with Gasteiger partial charge in [0, 0.05) is 0 Å². The Morgan fingerprint density at radius 1 is 0.216 bits per heavy atom. The van der Waals surface area contributed by atoms with Gasteiger partial charge in [0.2, 0.25) is 0 Å². The summed E-state index contributed by atoms with van der Waals surface area (Å²) >= 11 is -6.84. The number of halogens is 15. The average Bonchev–Trinajstić information content (AvgIpc) is 3.05. The number of hydrogen-bond acceptors (Lipinski definition) is 0. The van der Waals surface area contributed by atoms with Crippen LogP contribution in [-0.2, 0) is 30.9 Å². The first-order valence-corrected chi connectivity index (χ1v) is 20.7. The molecule has 0 aliphatic carbocycles. The quantitative estimate of drug-likeness (QED) is 0.123. The summed E-state index contributed by atoms with van der Waals surface area (Å²) in [6.45, 7) is 0. The molecular weight excluding hydrogens is 827 g/mol. The Morgan fingerprint density at radius 3 is 0.431 bits per heavy atom. The van der Waals surface area contributed by atoms with Crippen LogP contribution in [0.15, 0.2) is 121 Å². The van der Waals surface area contributed by atoms with Crippen LogP contribution in [-0.4, -0.2) is 17.4 Å². The van der Waals surface area contributed by atoms with E-state index in [4.69, 9.17) is 0 Å². The molecule has 16 heteroatoms. The van der Waals surface area contributed by atoms with Crippen LogP contribution < -0.4 is 17.6 Å². The molecule has 0 unspecified atom stereocenters. The molecule has 51 heavy (non-hydrogen) atoms. The van der Waals surface area contributed by atoms with E-state index < -0.39 is 76.1 Å². The van der Waals surface area contributed by atoms with Gasteiger partial charge in [-0.3, -0.25) is 0 Å². The minimum atomic E-state index is -6.84. The molecule has 0 nitrogen and oxygen atoms in total. The first-order valence-electron chi connectivity index (χ1n) is 14.3. The van der Waals surface area contributed by atoms with Gasteiger partial charge in [-0.1, -0.05) is 0 Å². The van der Waals surface area contributed by atoms with Crippen LogP contribution in [0.25, 0.3) is 0 Å². The summed E-state index contributed by atoms with van der Waals surface area (Å²) in [4.78, 5) is 0. The van der Waals surface area contributed by atoms with Crippen molar-refractivity contribution in [3.63, 3.8) is 0 Å². The van der Waals surface area contributed by atoms with Gasteiger partial charge in [0.25, 0.3) is 0 Å². The predicted molar refractivity (Wildman–Crippen MR) is 161 cm³/mol. The molecule has 5 aromatic carbocycles. The molecular formula is C35H20F15Sb. The van der Waals surface area contributed by atoms with Crippen LogP contribution in [0.1, 0.15) is 27.8 Å². The van der Waals surface area contributed by atoms with Crippen LogP contribution in [0.2, 0.25) is 0 Å². The number of benzene rings is 5. The monoisotopic (exact) mass is 846 g/mol. The fraction of sp³-hybridized carbons (Fsp3) is 0.143. The Bertz CT molecular complexity index is 1630. The van der Waals surface area contributed by atoms with Crippen molar-refractivity contribution in [3.05, 3.63) is 149 Å². The maximum absolute atomic E-state index is 13.8. The summed E-state index contributed by atoms with van der Waals surface area (Å²) in [6, 6.07) is 14.7. The second-order valence-corrected chi connectivity index (χ2v) is 25.1. The van der Waals surface area contributed by atoms with Crippen molar-refractivity contribution in [1.29, 1.82) is 0 Å². The van der Waals surface area contributed by atoms with E-state index in [2.05, 4.69) is 0 Å². The maximum atomic E-state index is 13.8. The molecule has 270 valence electrons. The first kappa shape index (κ1) is 38.1. The van der Waals surface area contributed by atoms with Crippen molar-refractivity contribution < 1.29 is 65.9 Å². The zero-order valence-corrected chi connectivity index (χ0v) is 27.7. The predicted octanol–water partition coefficient (Wildman–Crippen LogP) is 9.02. The van der Waals surface area contributed by atoms with Crippen molar-refractivity contribution in [2.24, 2.45) is 0 Å². The molecule has 0 spiro atoms. The van der Waals surface area contributed by atoms with Gasteiger partial charge in [-0.05, 0) is 0 Å². The summed E-state index contributed by atoms with van der Waals surface area (Å²) in [5, 5.41) is 0. The number of alkyl halides is 15. The Hall–Kier alpha value is -4.13. The zero-order valence-electron chi connectivity index (χ0n) is 25.2. The van der Waals surface area contributed by atoms with Crippen molar-refractivity contribution in [2.45, 2.75) is 30.9 Å². The molecule has 0 radical (unpaired) electrons. The van der Waals surface area contributed by atoms with Crippen LogP contribution >= 0.6 is 0 Å². The normalized spacial score (nSPS) is 14.2. The van der Waals surface area contributed by atoms with E-state index in [9.17, 15) is 65.9 Å². The van der Waals surface area contributed by atoms with Crippen LogP contribution in [0.5, 0.6) is 0 Å². The molecule has 0 aromatic heterocycles. The molecule has 5 rings (SSSR count). The van der Waals surface area contributed by atoms with Gasteiger partial charge in [-0.15, -0.1) is 0 Å². The molecule has 0 bridgehead atoms. The molecule has 0 saturated heterocycles. The summed E-state index contributed by atoms with van der Waals surface area (Å²) < 4.78 is 206. The average molecular weight is 847 g/mol. The van der Waals surface area contributed by atoms with Crippen molar-refractivity contribution >= 4 is 34.9 Å². The van der Waals surface area contributed by atoms with E-state index in [1.54, 1.807) is 0 Å². The molecule has 0 aliphatic rings. The van der Waals surface area contributed by atoms with E-state index >= 15 is 0 Å². The van der Waals surface area contributed by atoms with Crippen molar-refractivity contribution in [3.8, 4) is 0 Å². The molecule has 0 aliphatic heterocycles. The van der Waals surface area contributed by atoms with E-state index in [0.717, 1.165) is 60.7 Å². The Kier molecular flexibility index (Phi) is 9.36. The minimum absolute atomic E-state index is 0.185. The Balaban J connectivity index is 2.10. The molecule has 0 atom stereocenters. The van der Waals surface area contributed by atoms with E-state index in [0.29, 0.717) is 60.7 Å². The molecule has 0 fully saturated rings. The summed E-state index contributed by atoms with van der Waals surface area (Å²) in [5.41, 5.74) is -6.18. The fourth-order valence-electron chi connectivity index (χ4n) is 6.23. The standard InChI is InChI=1S/5C7H4F3.Sb/c5*8-7(9,10)6-4-2-1-3-5-6;/h5*2-5H;. The summed E-state index contributed by atoms with van der Waals surface area (Å²) in [6.07, 6.45) is -24.8. The van der Waals surface area contributed by atoms with Gasteiger partial charge in [0.05, 0.1) is 0 Å². The van der Waals surface area contributed by atoms with Gasteiger partial charge in [-0.2, -0.15) is 0 Å². The van der Waals surface area contributed by atoms with Gasteiger partial charge < -0.3 is 0 Å². The zero-order chi connectivity index (χ0) is 37.9. The SMILES string of the molecule is FC(F)(F)c1cc[c]([Sb]([c]2ccc(C(F)(F)F)cc2)([c]2ccc(C(F)(F)F)cc2)([c]2ccc(C(F)(F)F)cc2)[c]2ccc(C(F)(F)F)cc2)cc1. The van der Waals surface area contributed by atoms with Crippen LogP contribution in [0.4, 0.5) is 65.9 Å². The Morgan fingerprint density at radius 2 is 0.333 bits per heavy atom. The second-order valence-electron chi connectivity index (χ2n) is 11.3. The summed E-state index contributed by atoms with van der Waals surface area (Å²) in [5.74, 6) is 0. The van der Waals surface area contributed by atoms with Crippen LogP contribution in [0.3, 0.4) is 0 Å². The van der Waals surface area contributed by atoms with Gasteiger partial charge in [-0.25, -0.2) is 0 Å². The Labute approximate surface area is 280 Å². The third kappa shape index (κ3) is 6.57. The molecule has 5 aromatic rings. The molecule has 0 N–H and O–H groups in total. The number of rotatable bonds is 5. The van der Waals surface area contributed by atoms with Gasteiger partial charge >= 0.3 is 281 Å². The van der Waals surface area contributed by atoms with Crippen LogP contribution in [0, 0.1) is 0 Å². The first-order chi connectivity index (χ1) is 23.4. The van der Waals surface area contributed by atoms with Gasteiger partial charge in [0.15, 0.2) is 0 Å². The van der Waals surface area contributed by atoms with E-state index in [1.807, 2.05) is 0 Å². The third-order valence-electron chi connectivity index (χ3n) is 8.56. The topological polar surface area (TPSA) is 0 Å². The van der Waals surface area contributed by atoms with E-state index in [1.165, 1.54) is 0 Å². The molecule has 0 heterocycles. The molecule has 0 amide bonds. The van der Waals surface area contributed by atoms with Crippen molar-refractivity contribution in [2.75, 3.05) is 0 Å². The van der Waals surface area contributed by atoms with Gasteiger partial charge in [0.1, 0.15) is 0 Å². The second kappa shape index (κ2) is 12.5.